The van der Waals surface area contributed by atoms with Gasteiger partial charge in [-0.25, -0.2) is 0 Å². The van der Waals surface area contributed by atoms with E-state index in [1.54, 1.807) is 0 Å². The number of ketones is 1. The molecule has 0 amide bonds. The quantitative estimate of drug-likeness (QED) is 0.710. The molecule has 0 aliphatic heterocycles. The molecule has 0 aromatic heterocycles. The minimum atomic E-state index is -0.298. The van der Waals surface area contributed by atoms with Crippen molar-refractivity contribution in [3.63, 3.8) is 0 Å². The third-order valence-corrected chi connectivity index (χ3v) is 4.14. The van der Waals surface area contributed by atoms with Crippen molar-refractivity contribution in [2.24, 2.45) is 17.8 Å². The summed E-state index contributed by atoms with van der Waals surface area (Å²) in [5.74, 6) is 0.543. The van der Waals surface area contributed by atoms with Gasteiger partial charge < -0.3 is 9.53 Å². The normalized spacial score (nSPS) is 37.2. The molecular formula is C15H24O3. The summed E-state index contributed by atoms with van der Waals surface area (Å²) in [4.78, 5) is 23.5. The third kappa shape index (κ3) is 2.82. The molecule has 102 valence electrons. The van der Waals surface area contributed by atoms with Crippen LogP contribution in [0.15, 0.2) is 0 Å². The topological polar surface area (TPSA) is 43.4 Å². The SMILES string of the molecule is CC(C)(C)O[C@H]1[C@@H]2C(=O)CCCC[C@@H]2C[C@@H]1C=O. The van der Waals surface area contributed by atoms with E-state index in [9.17, 15) is 9.59 Å². The number of hydrogen-bond donors (Lipinski definition) is 0. The highest BCUT2D eigenvalue weighted by atomic mass is 16.5. The Morgan fingerprint density at radius 3 is 2.61 bits per heavy atom. The van der Waals surface area contributed by atoms with Crippen LogP contribution in [0.2, 0.25) is 0 Å². The standard InChI is InChI=1S/C15H24O3/c1-15(2,3)18-14-11(9-16)8-10-6-4-5-7-12(17)13(10)14/h9-11,13-14H,4-8H2,1-3H3/t10-,11-,13+,14-/m1/s1. The lowest BCUT2D eigenvalue weighted by Gasteiger charge is -2.31. The Hall–Kier alpha value is -0.700. The van der Waals surface area contributed by atoms with Gasteiger partial charge >= 0.3 is 0 Å². The summed E-state index contributed by atoms with van der Waals surface area (Å²) in [7, 11) is 0. The van der Waals surface area contributed by atoms with E-state index in [-0.39, 0.29) is 23.5 Å². The van der Waals surface area contributed by atoms with Crippen LogP contribution in [0.5, 0.6) is 0 Å². The maximum absolute atomic E-state index is 12.3. The number of carbonyl (C=O) groups excluding carboxylic acids is 2. The molecule has 0 radical (unpaired) electrons. The molecule has 2 aliphatic carbocycles. The van der Waals surface area contributed by atoms with Crippen molar-refractivity contribution < 1.29 is 14.3 Å². The van der Waals surface area contributed by atoms with Gasteiger partial charge in [-0.05, 0) is 46.0 Å². The van der Waals surface area contributed by atoms with Crippen LogP contribution in [0, 0.1) is 17.8 Å². The third-order valence-electron chi connectivity index (χ3n) is 4.14. The highest BCUT2D eigenvalue weighted by Crippen LogP contribution is 2.44. The number of ether oxygens (including phenoxy) is 1. The summed E-state index contributed by atoms with van der Waals surface area (Å²) in [5.41, 5.74) is -0.298. The number of Topliss-reactive ketones (excluding diaryl/α,β-unsaturated/α-hetero) is 1. The Morgan fingerprint density at radius 2 is 2.00 bits per heavy atom. The van der Waals surface area contributed by atoms with Crippen molar-refractivity contribution in [2.75, 3.05) is 0 Å². The van der Waals surface area contributed by atoms with Gasteiger partial charge in [0.05, 0.1) is 11.7 Å². The second kappa shape index (κ2) is 5.12. The van der Waals surface area contributed by atoms with Crippen LogP contribution in [-0.2, 0) is 14.3 Å². The van der Waals surface area contributed by atoms with Gasteiger partial charge in [0.2, 0.25) is 0 Å². The molecule has 2 saturated carbocycles. The predicted octanol–water partition coefficient (Wildman–Crippen LogP) is 2.76. The first kappa shape index (κ1) is 13.7. The molecule has 2 rings (SSSR count). The molecule has 2 fully saturated rings. The molecule has 0 aromatic carbocycles. The zero-order valence-electron chi connectivity index (χ0n) is 11.6. The molecule has 0 aromatic rings. The van der Waals surface area contributed by atoms with Gasteiger partial charge in [0.1, 0.15) is 12.1 Å². The Bertz CT molecular complexity index is 329. The second-order valence-corrected chi connectivity index (χ2v) is 6.73. The van der Waals surface area contributed by atoms with Crippen molar-refractivity contribution in [1.82, 2.24) is 0 Å². The van der Waals surface area contributed by atoms with E-state index in [0.717, 1.165) is 32.0 Å². The molecule has 0 saturated heterocycles. The lowest BCUT2D eigenvalue weighted by atomic mass is 9.89. The second-order valence-electron chi connectivity index (χ2n) is 6.73. The largest absolute Gasteiger partial charge is 0.371 e. The average Bonchev–Trinajstić information content (AvgIpc) is 2.48. The fourth-order valence-corrected chi connectivity index (χ4v) is 3.48. The number of rotatable bonds is 2. The minimum Gasteiger partial charge on any atom is -0.371 e. The highest BCUT2D eigenvalue weighted by Gasteiger charge is 2.48. The molecule has 3 heteroatoms. The Morgan fingerprint density at radius 1 is 1.28 bits per heavy atom. The van der Waals surface area contributed by atoms with E-state index >= 15 is 0 Å². The fourth-order valence-electron chi connectivity index (χ4n) is 3.48. The van der Waals surface area contributed by atoms with Gasteiger partial charge in [0.25, 0.3) is 0 Å². The molecule has 0 unspecified atom stereocenters. The monoisotopic (exact) mass is 252 g/mol. The summed E-state index contributed by atoms with van der Waals surface area (Å²) in [6, 6.07) is 0. The molecule has 18 heavy (non-hydrogen) atoms. The van der Waals surface area contributed by atoms with Crippen molar-refractivity contribution in [3.8, 4) is 0 Å². The summed E-state index contributed by atoms with van der Waals surface area (Å²) >= 11 is 0. The van der Waals surface area contributed by atoms with Crippen LogP contribution in [0.3, 0.4) is 0 Å². The first-order valence-corrected chi connectivity index (χ1v) is 7.08. The van der Waals surface area contributed by atoms with Gasteiger partial charge in [-0.15, -0.1) is 0 Å². The average molecular weight is 252 g/mol. The Labute approximate surface area is 109 Å². The number of hydrogen-bond acceptors (Lipinski definition) is 3. The first-order valence-electron chi connectivity index (χ1n) is 7.08. The van der Waals surface area contributed by atoms with E-state index in [4.69, 9.17) is 4.74 Å². The predicted molar refractivity (Wildman–Crippen MR) is 69.3 cm³/mol. The van der Waals surface area contributed by atoms with Gasteiger partial charge in [0, 0.05) is 18.3 Å². The smallest absolute Gasteiger partial charge is 0.138 e. The van der Waals surface area contributed by atoms with Crippen LogP contribution in [0.1, 0.15) is 52.9 Å². The van der Waals surface area contributed by atoms with Crippen molar-refractivity contribution in [1.29, 1.82) is 0 Å². The maximum Gasteiger partial charge on any atom is 0.138 e. The maximum atomic E-state index is 12.3. The lowest BCUT2D eigenvalue weighted by Crippen LogP contribution is -2.38. The van der Waals surface area contributed by atoms with E-state index < -0.39 is 0 Å². The van der Waals surface area contributed by atoms with Crippen LogP contribution in [0.4, 0.5) is 0 Å². The van der Waals surface area contributed by atoms with Gasteiger partial charge in [-0.1, -0.05) is 6.42 Å². The van der Waals surface area contributed by atoms with Crippen molar-refractivity contribution >= 4 is 12.1 Å². The Balaban J connectivity index is 2.21. The Kier molecular flexibility index (Phi) is 3.90. The molecule has 2 aliphatic rings. The van der Waals surface area contributed by atoms with Crippen LogP contribution >= 0.6 is 0 Å². The van der Waals surface area contributed by atoms with Crippen LogP contribution < -0.4 is 0 Å². The zero-order valence-corrected chi connectivity index (χ0v) is 11.6. The first-order chi connectivity index (χ1) is 8.42. The zero-order chi connectivity index (χ0) is 13.3. The molecule has 0 spiro atoms. The van der Waals surface area contributed by atoms with Gasteiger partial charge in [0.15, 0.2) is 0 Å². The van der Waals surface area contributed by atoms with E-state index in [1.165, 1.54) is 0 Å². The van der Waals surface area contributed by atoms with E-state index in [0.29, 0.717) is 18.1 Å². The summed E-state index contributed by atoms with van der Waals surface area (Å²) in [5, 5.41) is 0. The fraction of sp³-hybridized carbons (Fsp3) is 0.867. The van der Waals surface area contributed by atoms with Crippen molar-refractivity contribution in [3.05, 3.63) is 0 Å². The van der Waals surface area contributed by atoms with E-state index in [2.05, 4.69) is 0 Å². The highest BCUT2D eigenvalue weighted by molar-refractivity contribution is 5.83. The van der Waals surface area contributed by atoms with Crippen LogP contribution in [0.25, 0.3) is 0 Å². The number of carbonyl (C=O) groups is 2. The molecule has 4 atom stereocenters. The molecule has 0 bridgehead atoms. The summed E-state index contributed by atoms with van der Waals surface area (Å²) < 4.78 is 6.05. The molecular weight excluding hydrogens is 228 g/mol. The lowest BCUT2D eigenvalue weighted by molar-refractivity contribution is -0.139. The van der Waals surface area contributed by atoms with Gasteiger partial charge in [-0.3, -0.25) is 4.79 Å². The summed E-state index contributed by atoms with van der Waals surface area (Å²) in [6.45, 7) is 5.97. The molecule has 0 N–H and O–H groups in total. The minimum absolute atomic E-state index is 0.0399. The van der Waals surface area contributed by atoms with Crippen LogP contribution in [-0.4, -0.2) is 23.8 Å². The van der Waals surface area contributed by atoms with Crippen molar-refractivity contribution in [2.45, 2.75) is 64.6 Å². The molecule has 3 nitrogen and oxygen atoms in total. The summed E-state index contributed by atoms with van der Waals surface area (Å²) in [6.07, 6.45) is 5.49. The number of aldehydes is 1. The molecule has 0 heterocycles. The van der Waals surface area contributed by atoms with E-state index in [1.807, 2.05) is 20.8 Å². The van der Waals surface area contributed by atoms with Gasteiger partial charge in [-0.2, -0.15) is 0 Å². The number of fused-ring (bicyclic) bond motifs is 1.